The molecular weight excluding hydrogens is 318 g/mol. The van der Waals surface area contributed by atoms with Gasteiger partial charge in [0.15, 0.2) is 11.6 Å². The number of piperazine rings is 1. The molecular formula is C18H21N5O2. The lowest BCUT2D eigenvalue weighted by Crippen LogP contribution is -2.46. The lowest BCUT2D eigenvalue weighted by atomic mass is 10.1. The van der Waals surface area contributed by atoms with Crippen LogP contribution in [-0.2, 0) is 16.0 Å². The Labute approximate surface area is 146 Å². The molecule has 25 heavy (non-hydrogen) atoms. The van der Waals surface area contributed by atoms with Gasteiger partial charge in [-0.25, -0.2) is 0 Å². The summed E-state index contributed by atoms with van der Waals surface area (Å²) in [5.41, 5.74) is 2.13. The van der Waals surface area contributed by atoms with Crippen molar-refractivity contribution >= 4 is 24.0 Å². The molecule has 1 aliphatic rings. The summed E-state index contributed by atoms with van der Waals surface area (Å²) < 4.78 is 0. The molecule has 0 radical (unpaired) electrons. The second-order valence-corrected chi connectivity index (χ2v) is 6.12. The van der Waals surface area contributed by atoms with Gasteiger partial charge in [-0.05, 0) is 24.6 Å². The van der Waals surface area contributed by atoms with E-state index < -0.39 is 0 Å². The minimum Gasteiger partial charge on any atom is -0.352 e. The number of hydrogen-bond acceptors (Lipinski definition) is 5. The van der Waals surface area contributed by atoms with Gasteiger partial charge in [0.05, 0.1) is 6.42 Å². The Balaban J connectivity index is 1.54. The summed E-state index contributed by atoms with van der Waals surface area (Å²) in [5.74, 6) is 1.07. The van der Waals surface area contributed by atoms with Crippen LogP contribution in [0, 0.1) is 6.92 Å². The standard InChI is InChI=1S/C18H21N5O2/c1-14-2-4-15(5-3-14)12-18(25)19-16-6-7-17(21-20-16)23-10-8-22(13-24)9-11-23/h2-7,13H,8-12H2,1H3,(H,19,20,25). The Bertz CT molecular complexity index is 722. The normalized spacial score (nSPS) is 14.3. The maximum Gasteiger partial charge on any atom is 0.229 e. The van der Waals surface area contributed by atoms with Crippen molar-refractivity contribution in [2.24, 2.45) is 0 Å². The van der Waals surface area contributed by atoms with Crippen LogP contribution in [0.2, 0.25) is 0 Å². The van der Waals surface area contributed by atoms with Crippen LogP contribution in [0.25, 0.3) is 0 Å². The molecule has 1 saturated heterocycles. The Hall–Kier alpha value is -2.96. The molecule has 130 valence electrons. The lowest BCUT2D eigenvalue weighted by molar-refractivity contribution is -0.118. The van der Waals surface area contributed by atoms with Crippen LogP contribution in [0.1, 0.15) is 11.1 Å². The SMILES string of the molecule is Cc1ccc(CC(=O)Nc2ccc(N3CCN(C=O)CC3)nn2)cc1. The minimum atomic E-state index is -0.120. The summed E-state index contributed by atoms with van der Waals surface area (Å²) in [5, 5.41) is 11.0. The zero-order valence-electron chi connectivity index (χ0n) is 14.2. The first kappa shape index (κ1) is 16.9. The van der Waals surface area contributed by atoms with E-state index in [1.54, 1.807) is 11.0 Å². The van der Waals surface area contributed by atoms with E-state index in [2.05, 4.69) is 20.4 Å². The first-order valence-corrected chi connectivity index (χ1v) is 8.27. The van der Waals surface area contributed by atoms with Crippen LogP contribution < -0.4 is 10.2 Å². The molecule has 1 aromatic heterocycles. The summed E-state index contributed by atoms with van der Waals surface area (Å²) in [6, 6.07) is 11.5. The first-order valence-electron chi connectivity index (χ1n) is 8.27. The number of aromatic nitrogens is 2. The number of aryl methyl sites for hydroxylation is 1. The second kappa shape index (κ2) is 7.74. The summed E-state index contributed by atoms with van der Waals surface area (Å²) >= 11 is 0. The highest BCUT2D eigenvalue weighted by Gasteiger charge is 2.17. The van der Waals surface area contributed by atoms with Gasteiger partial charge in [-0.15, -0.1) is 10.2 Å². The van der Waals surface area contributed by atoms with Gasteiger partial charge in [0.1, 0.15) is 0 Å². The van der Waals surface area contributed by atoms with E-state index in [-0.39, 0.29) is 5.91 Å². The van der Waals surface area contributed by atoms with Gasteiger partial charge in [0, 0.05) is 26.2 Å². The molecule has 1 N–H and O–H groups in total. The topological polar surface area (TPSA) is 78.4 Å². The minimum absolute atomic E-state index is 0.120. The van der Waals surface area contributed by atoms with E-state index in [4.69, 9.17) is 0 Å². The largest absolute Gasteiger partial charge is 0.352 e. The van der Waals surface area contributed by atoms with E-state index >= 15 is 0 Å². The molecule has 2 amide bonds. The van der Waals surface area contributed by atoms with Crippen molar-refractivity contribution in [1.82, 2.24) is 15.1 Å². The average molecular weight is 339 g/mol. The molecule has 0 spiro atoms. The van der Waals surface area contributed by atoms with Crippen molar-refractivity contribution in [3.8, 4) is 0 Å². The van der Waals surface area contributed by atoms with Gasteiger partial charge in [-0.1, -0.05) is 29.8 Å². The summed E-state index contributed by atoms with van der Waals surface area (Å²) in [7, 11) is 0. The lowest BCUT2D eigenvalue weighted by Gasteiger charge is -2.32. The van der Waals surface area contributed by atoms with E-state index in [0.717, 1.165) is 30.9 Å². The van der Waals surface area contributed by atoms with E-state index in [9.17, 15) is 9.59 Å². The predicted molar refractivity (Wildman–Crippen MR) is 95.4 cm³/mol. The van der Waals surface area contributed by atoms with Crippen molar-refractivity contribution < 1.29 is 9.59 Å². The smallest absolute Gasteiger partial charge is 0.229 e. The number of rotatable bonds is 5. The number of carbonyl (C=O) groups is 2. The summed E-state index contributed by atoms with van der Waals surface area (Å²) in [6.45, 7) is 4.83. The molecule has 0 bridgehead atoms. The van der Waals surface area contributed by atoms with Crippen LogP contribution in [0.3, 0.4) is 0 Å². The maximum atomic E-state index is 12.1. The zero-order chi connectivity index (χ0) is 17.6. The molecule has 0 atom stereocenters. The highest BCUT2D eigenvalue weighted by molar-refractivity contribution is 5.91. The number of nitrogens with one attached hydrogen (secondary N) is 1. The number of nitrogens with zero attached hydrogens (tertiary/aromatic N) is 4. The van der Waals surface area contributed by atoms with Crippen molar-refractivity contribution in [3.63, 3.8) is 0 Å². The van der Waals surface area contributed by atoms with Crippen LogP contribution >= 0.6 is 0 Å². The molecule has 2 aromatic rings. The molecule has 7 heteroatoms. The molecule has 1 aliphatic heterocycles. The summed E-state index contributed by atoms with van der Waals surface area (Å²) in [6.07, 6.45) is 1.17. The van der Waals surface area contributed by atoms with E-state index in [1.165, 1.54) is 5.56 Å². The molecule has 0 unspecified atom stereocenters. The number of carbonyl (C=O) groups excluding carboxylic acids is 2. The Kier molecular flexibility index (Phi) is 5.23. The molecule has 7 nitrogen and oxygen atoms in total. The predicted octanol–water partition coefficient (Wildman–Crippen LogP) is 1.24. The highest BCUT2D eigenvalue weighted by atomic mass is 16.1. The van der Waals surface area contributed by atoms with Gasteiger partial charge >= 0.3 is 0 Å². The molecule has 1 fully saturated rings. The number of benzene rings is 1. The third-order valence-corrected chi connectivity index (χ3v) is 4.19. The molecule has 0 aliphatic carbocycles. The Morgan fingerprint density at radius 1 is 1.08 bits per heavy atom. The first-order chi connectivity index (χ1) is 12.1. The fraction of sp³-hybridized carbons (Fsp3) is 0.333. The van der Waals surface area contributed by atoms with Crippen molar-refractivity contribution in [2.75, 3.05) is 36.4 Å². The molecule has 2 heterocycles. The van der Waals surface area contributed by atoms with Crippen molar-refractivity contribution in [1.29, 1.82) is 0 Å². The maximum absolute atomic E-state index is 12.1. The average Bonchev–Trinajstić information content (AvgIpc) is 2.64. The molecule has 1 aromatic carbocycles. The van der Waals surface area contributed by atoms with Crippen LogP contribution in [-0.4, -0.2) is 53.6 Å². The number of anilines is 2. The van der Waals surface area contributed by atoms with Crippen LogP contribution in [0.15, 0.2) is 36.4 Å². The van der Waals surface area contributed by atoms with Crippen molar-refractivity contribution in [3.05, 3.63) is 47.5 Å². The zero-order valence-corrected chi connectivity index (χ0v) is 14.2. The quantitative estimate of drug-likeness (QED) is 0.830. The fourth-order valence-electron chi connectivity index (χ4n) is 2.70. The summed E-state index contributed by atoms with van der Waals surface area (Å²) in [4.78, 5) is 26.6. The fourth-order valence-corrected chi connectivity index (χ4v) is 2.70. The number of amides is 2. The molecule has 0 saturated carbocycles. The van der Waals surface area contributed by atoms with E-state index in [1.807, 2.05) is 37.3 Å². The van der Waals surface area contributed by atoms with Gasteiger partial charge in [0.2, 0.25) is 12.3 Å². The van der Waals surface area contributed by atoms with Crippen LogP contribution in [0.4, 0.5) is 11.6 Å². The Morgan fingerprint density at radius 3 is 2.40 bits per heavy atom. The molecule has 3 rings (SSSR count). The highest BCUT2D eigenvalue weighted by Crippen LogP contribution is 2.14. The second-order valence-electron chi connectivity index (χ2n) is 6.12. The van der Waals surface area contributed by atoms with E-state index in [0.29, 0.717) is 25.3 Å². The Morgan fingerprint density at radius 2 is 1.80 bits per heavy atom. The van der Waals surface area contributed by atoms with Gasteiger partial charge in [-0.2, -0.15) is 0 Å². The third-order valence-electron chi connectivity index (χ3n) is 4.19. The van der Waals surface area contributed by atoms with Crippen LogP contribution in [0.5, 0.6) is 0 Å². The van der Waals surface area contributed by atoms with Crippen molar-refractivity contribution in [2.45, 2.75) is 13.3 Å². The van der Waals surface area contributed by atoms with Gasteiger partial charge in [-0.3, -0.25) is 9.59 Å². The van der Waals surface area contributed by atoms with Gasteiger partial charge < -0.3 is 15.1 Å². The monoisotopic (exact) mass is 339 g/mol. The third kappa shape index (κ3) is 4.53. The number of hydrogen-bond donors (Lipinski definition) is 1. The van der Waals surface area contributed by atoms with Gasteiger partial charge in [0.25, 0.3) is 0 Å².